The lowest BCUT2D eigenvalue weighted by molar-refractivity contribution is -0.127. The van der Waals surface area contributed by atoms with Crippen LogP contribution >= 0.6 is 11.6 Å². The first-order valence-electron chi connectivity index (χ1n) is 12.5. The van der Waals surface area contributed by atoms with Gasteiger partial charge in [-0.1, -0.05) is 43.7 Å². The predicted octanol–water partition coefficient (Wildman–Crippen LogP) is 5.95. The third kappa shape index (κ3) is 4.40. The van der Waals surface area contributed by atoms with E-state index in [1.54, 1.807) is 24.1 Å². The van der Waals surface area contributed by atoms with Gasteiger partial charge in [0.1, 0.15) is 17.0 Å². The van der Waals surface area contributed by atoms with E-state index in [9.17, 15) is 9.59 Å². The zero-order chi connectivity index (χ0) is 24.6. The minimum atomic E-state index is -1.12. The molecule has 5 rings (SSSR count). The Labute approximate surface area is 211 Å². The molecule has 1 atom stereocenters. The molecule has 0 unspecified atom stereocenters. The minimum Gasteiger partial charge on any atom is -0.497 e. The molecule has 0 bridgehead atoms. The Morgan fingerprint density at radius 2 is 1.71 bits per heavy atom. The smallest absolute Gasteiger partial charge is 0.275 e. The minimum absolute atomic E-state index is 0.123. The standard InChI is InChI=1S/C28H32ClN3O3/c1-28(27(34)30-21-8-6-4-3-5-7-9-21)18-31-24-17-23(35-2)15-10-19(24)16-25(31)26(33)32(28)22-13-11-20(29)12-14-22/h10-17,21H,3-9,18H2,1-2H3,(H,30,34)/t28-/m1/s1. The Hall–Kier alpha value is -2.99. The van der Waals surface area contributed by atoms with Crippen molar-refractivity contribution in [2.75, 3.05) is 12.0 Å². The maximum Gasteiger partial charge on any atom is 0.275 e. The monoisotopic (exact) mass is 493 g/mol. The van der Waals surface area contributed by atoms with Crippen LogP contribution in [0.25, 0.3) is 10.9 Å². The Bertz CT molecular complexity index is 1240. The van der Waals surface area contributed by atoms with Gasteiger partial charge in [-0.25, -0.2) is 0 Å². The topological polar surface area (TPSA) is 63.6 Å². The molecule has 2 aromatic carbocycles. The van der Waals surface area contributed by atoms with Crippen molar-refractivity contribution < 1.29 is 14.3 Å². The van der Waals surface area contributed by atoms with E-state index in [4.69, 9.17) is 16.3 Å². The van der Waals surface area contributed by atoms with Crippen LogP contribution in [-0.4, -0.2) is 35.1 Å². The van der Waals surface area contributed by atoms with Crippen LogP contribution in [0.15, 0.2) is 48.5 Å². The van der Waals surface area contributed by atoms with E-state index in [2.05, 4.69) is 5.32 Å². The molecule has 0 saturated heterocycles. The highest BCUT2D eigenvalue weighted by Gasteiger charge is 2.49. The zero-order valence-electron chi connectivity index (χ0n) is 20.4. The van der Waals surface area contributed by atoms with Gasteiger partial charge in [-0.2, -0.15) is 0 Å². The molecule has 0 spiro atoms. The van der Waals surface area contributed by atoms with Gasteiger partial charge in [0, 0.05) is 28.2 Å². The van der Waals surface area contributed by atoms with Crippen LogP contribution in [0.5, 0.6) is 5.75 Å². The van der Waals surface area contributed by atoms with Crippen LogP contribution in [0.2, 0.25) is 5.02 Å². The molecule has 1 aliphatic heterocycles. The molecule has 1 N–H and O–H groups in total. The molecule has 2 heterocycles. The number of anilines is 1. The van der Waals surface area contributed by atoms with Crippen molar-refractivity contribution in [3.8, 4) is 5.75 Å². The average molecular weight is 494 g/mol. The maximum atomic E-state index is 14.0. The molecule has 2 amide bonds. The highest BCUT2D eigenvalue weighted by Crippen LogP contribution is 2.37. The second-order valence-electron chi connectivity index (χ2n) is 9.95. The van der Waals surface area contributed by atoms with E-state index in [1.165, 1.54) is 19.3 Å². The van der Waals surface area contributed by atoms with Gasteiger partial charge in [0.15, 0.2) is 0 Å². The summed E-state index contributed by atoms with van der Waals surface area (Å²) in [6.45, 7) is 2.21. The van der Waals surface area contributed by atoms with Crippen LogP contribution in [0.4, 0.5) is 5.69 Å². The van der Waals surface area contributed by atoms with Crippen molar-refractivity contribution in [2.45, 2.75) is 70.0 Å². The fraction of sp³-hybridized carbons (Fsp3) is 0.429. The predicted molar refractivity (Wildman–Crippen MR) is 139 cm³/mol. The number of methoxy groups -OCH3 is 1. The molecule has 0 radical (unpaired) electrons. The summed E-state index contributed by atoms with van der Waals surface area (Å²) in [5, 5.41) is 4.85. The van der Waals surface area contributed by atoms with Gasteiger partial charge in [0.2, 0.25) is 5.91 Å². The van der Waals surface area contributed by atoms with Crippen molar-refractivity contribution >= 4 is 40.0 Å². The number of aromatic nitrogens is 1. The molecule has 1 aromatic heterocycles. The van der Waals surface area contributed by atoms with Crippen molar-refractivity contribution in [3.05, 3.63) is 59.2 Å². The molecule has 1 saturated carbocycles. The number of carbonyl (C=O) groups is 2. The number of halogens is 1. The molecule has 6 nitrogen and oxygen atoms in total. The summed E-state index contributed by atoms with van der Waals surface area (Å²) in [6, 6.07) is 14.9. The molecular weight excluding hydrogens is 462 g/mol. The van der Waals surface area contributed by atoms with Crippen LogP contribution in [0.3, 0.4) is 0 Å². The Morgan fingerprint density at radius 3 is 2.40 bits per heavy atom. The second-order valence-corrected chi connectivity index (χ2v) is 10.4. The van der Waals surface area contributed by atoms with Crippen LogP contribution < -0.4 is 15.0 Å². The van der Waals surface area contributed by atoms with E-state index >= 15 is 0 Å². The summed E-state index contributed by atoms with van der Waals surface area (Å²) in [5.41, 5.74) is 0.978. The number of benzene rings is 2. The van der Waals surface area contributed by atoms with Gasteiger partial charge in [-0.3, -0.25) is 14.5 Å². The molecule has 2 aliphatic rings. The summed E-state index contributed by atoms with van der Waals surface area (Å²) in [6.07, 6.45) is 7.88. The molecule has 184 valence electrons. The van der Waals surface area contributed by atoms with Gasteiger partial charge in [0.25, 0.3) is 5.91 Å². The van der Waals surface area contributed by atoms with E-state index < -0.39 is 5.54 Å². The molecule has 1 fully saturated rings. The highest BCUT2D eigenvalue weighted by atomic mass is 35.5. The Kier molecular flexibility index (Phi) is 6.49. The van der Waals surface area contributed by atoms with Gasteiger partial charge in [-0.05, 0) is 62.2 Å². The van der Waals surface area contributed by atoms with Crippen molar-refractivity contribution in [1.29, 1.82) is 0 Å². The number of fused-ring (bicyclic) bond motifs is 3. The first-order chi connectivity index (χ1) is 16.9. The first kappa shape index (κ1) is 23.7. The van der Waals surface area contributed by atoms with E-state index in [0.29, 0.717) is 28.7 Å². The van der Waals surface area contributed by atoms with Crippen molar-refractivity contribution in [1.82, 2.24) is 9.88 Å². The lowest BCUT2D eigenvalue weighted by atomic mass is 9.91. The van der Waals surface area contributed by atoms with Gasteiger partial charge in [-0.15, -0.1) is 0 Å². The number of hydrogen-bond acceptors (Lipinski definition) is 3. The lowest BCUT2D eigenvalue weighted by Gasteiger charge is -2.44. The number of rotatable bonds is 4. The van der Waals surface area contributed by atoms with Gasteiger partial charge in [0.05, 0.1) is 19.2 Å². The molecule has 1 aliphatic carbocycles. The number of nitrogens with one attached hydrogen (secondary N) is 1. The zero-order valence-corrected chi connectivity index (χ0v) is 21.1. The molecule has 7 heteroatoms. The van der Waals surface area contributed by atoms with Gasteiger partial charge < -0.3 is 14.6 Å². The lowest BCUT2D eigenvalue weighted by Crippen LogP contribution is -2.65. The summed E-state index contributed by atoms with van der Waals surface area (Å²) in [5.74, 6) is 0.387. The van der Waals surface area contributed by atoms with Crippen molar-refractivity contribution in [2.24, 2.45) is 0 Å². The summed E-state index contributed by atoms with van der Waals surface area (Å²) in [4.78, 5) is 29.6. The second kappa shape index (κ2) is 9.57. The maximum absolute atomic E-state index is 14.0. The highest BCUT2D eigenvalue weighted by molar-refractivity contribution is 6.30. The largest absolute Gasteiger partial charge is 0.497 e. The quantitative estimate of drug-likeness (QED) is 0.488. The molecule has 35 heavy (non-hydrogen) atoms. The average Bonchev–Trinajstić information content (AvgIpc) is 3.19. The number of amides is 2. The third-order valence-electron chi connectivity index (χ3n) is 7.51. The number of ether oxygens (including phenoxy) is 1. The number of nitrogens with zero attached hydrogens (tertiary/aromatic N) is 2. The van der Waals surface area contributed by atoms with Crippen LogP contribution in [0, 0.1) is 0 Å². The number of hydrogen-bond donors (Lipinski definition) is 1. The third-order valence-corrected chi connectivity index (χ3v) is 7.76. The van der Waals surface area contributed by atoms with Crippen LogP contribution in [0.1, 0.15) is 62.4 Å². The summed E-state index contributed by atoms with van der Waals surface area (Å²) < 4.78 is 7.40. The number of carbonyl (C=O) groups excluding carboxylic acids is 2. The Balaban J connectivity index is 1.58. The fourth-order valence-corrected chi connectivity index (χ4v) is 5.66. The Morgan fingerprint density at radius 1 is 1.03 bits per heavy atom. The van der Waals surface area contributed by atoms with Gasteiger partial charge >= 0.3 is 0 Å². The molecule has 3 aromatic rings. The SMILES string of the molecule is COc1ccc2cc3n(c2c1)C[C@](C)(C(=O)NC1CCCCCCC1)N(c1ccc(Cl)cc1)C3=O. The summed E-state index contributed by atoms with van der Waals surface area (Å²) in [7, 11) is 1.63. The normalized spacial score (nSPS) is 21.3. The van der Waals surface area contributed by atoms with E-state index in [-0.39, 0.29) is 17.9 Å². The molecular formula is C28H32ClN3O3. The van der Waals surface area contributed by atoms with Crippen molar-refractivity contribution in [3.63, 3.8) is 0 Å². The summed E-state index contributed by atoms with van der Waals surface area (Å²) >= 11 is 6.14. The van der Waals surface area contributed by atoms with E-state index in [1.807, 2.05) is 47.9 Å². The first-order valence-corrected chi connectivity index (χ1v) is 12.9. The fourth-order valence-electron chi connectivity index (χ4n) is 5.53. The van der Waals surface area contributed by atoms with Crippen LogP contribution in [-0.2, 0) is 11.3 Å². The van der Waals surface area contributed by atoms with E-state index in [0.717, 1.165) is 36.6 Å².